The molecule has 2 aromatic carbocycles. The number of nitrogens with zero attached hydrogens (tertiary/aromatic N) is 8. The van der Waals surface area contributed by atoms with Gasteiger partial charge in [0, 0.05) is 28.7 Å². The van der Waals surface area contributed by atoms with E-state index in [1.165, 1.54) is 6.20 Å². The second-order valence-electron chi connectivity index (χ2n) is 13.2. The fourth-order valence-electron chi connectivity index (χ4n) is 5.93. The number of ether oxygens (including phenoxy) is 3. The van der Waals surface area contributed by atoms with Crippen LogP contribution in [0.15, 0.2) is 60.9 Å². The van der Waals surface area contributed by atoms with E-state index in [4.69, 9.17) is 14.2 Å². The van der Waals surface area contributed by atoms with Gasteiger partial charge in [0.05, 0.1) is 43.0 Å². The Balaban J connectivity index is 1.11. The molecule has 5 aromatic rings. The molecular formula is C34H42N10O5. The van der Waals surface area contributed by atoms with Crippen LogP contribution < -0.4 is 20.1 Å². The summed E-state index contributed by atoms with van der Waals surface area (Å²) in [5.74, 6) is 1.27. The largest absolute Gasteiger partial charge is 0.497 e. The molecule has 2 N–H and O–H groups in total. The Labute approximate surface area is 284 Å². The molecule has 0 bridgehead atoms. The van der Waals surface area contributed by atoms with Crippen molar-refractivity contribution in [3.8, 4) is 11.8 Å². The first kappa shape index (κ1) is 33.7. The van der Waals surface area contributed by atoms with E-state index in [1.807, 2.05) is 41.1 Å². The van der Waals surface area contributed by atoms with Gasteiger partial charge >= 0.3 is 11.8 Å². The summed E-state index contributed by atoms with van der Waals surface area (Å²) in [6, 6.07) is 16.3. The number of imidazole rings is 1. The van der Waals surface area contributed by atoms with E-state index < -0.39 is 4.92 Å². The maximum atomic E-state index is 11.1. The highest BCUT2D eigenvalue weighted by Gasteiger charge is 2.29. The average molecular weight is 671 g/mol. The number of nitrogens with one attached hydrogen (secondary N) is 2. The van der Waals surface area contributed by atoms with Crippen LogP contribution in [0.5, 0.6) is 11.8 Å². The number of anilines is 1. The molecule has 0 aliphatic carbocycles. The summed E-state index contributed by atoms with van der Waals surface area (Å²) in [5.41, 5.74) is 3.52. The van der Waals surface area contributed by atoms with Gasteiger partial charge in [-0.2, -0.15) is 0 Å². The lowest BCUT2D eigenvalue weighted by atomic mass is 10.0. The third-order valence-electron chi connectivity index (χ3n) is 8.35. The SMILES string of the molecule is COc1cc(NC(C)CCCNC(c2cccc(COC3COc4nc([N+](=O)[O-])cn4C3)c2)c2nnnn2C(C)(C)C)c2ncccc2c1. The highest BCUT2D eigenvalue weighted by Crippen LogP contribution is 2.29. The normalized spacial score (nSPS) is 15.7. The molecule has 258 valence electrons. The second kappa shape index (κ2) is 14.5. The standard InChI is InChI=1S/C34H42N10O5/c1-22(37-28-17-26(47-5)16-25-12-8-14-35-30(25)28)9-7-13-36-31(32-39-40-41-43(32)34(2,3)4)24-11-6-10-23(15-24)20-48-27-18-42-19-29(44(45)46)38-33(42)49-21-27/h6,8,10-12,14-17,19,22,27,31,36-37H,7,9,13,18,20-21H2,1-5H3. The van der Waals surface area contributed by atoms with Crippen molar-refractivity contribution in [3.05, 3.63) is 88.0 Å². The number of methoxy groups -OCH3 is 1. The van der Waals surface area contributed by atoms with Crippen LogP contribution >= 0.6 is 0 Å². The van der Waals surface area contributed by atoms with Crippen LogP contribution in [0.2, 0.25) is 0 Å². The lowest BCUT2D eigenvalue weighted by Gasteiger charge is -2.26. The lowest BCUT2D eigenvalue weighted by Crippen LogP contribution is -2.33. The van der Waals surface area contributed by atoms with E-state index in [-0.39, 0.29) is 42.2 Å². The molecule has 0 amide bonds. The van der Waals surface area contributed by atoms with Crippen LogP contribution in [0.3, 0.4) is 0 Å². The molecular weight excluding hydrogens is 628 g/mol. The van der Waals surface area contributed by atoms with Crippen LogP contribution in [-0.2, 0) is 23.4 Å². The zero-order valence-corrected chi connectivity index (χ0v) is 28.4. The van der Waals surface area contributed by atoms with E-state index in [1.54, 1.807) is 17.9 Å². The minimum Gasteiger partial charge on any atom is -0.497 e. The summed E-state index contributed by atoms with van der Waals surface area (Å²) < 4.78 is 20.8. The number of benzene rings is 2. The van der Waals surface area contributed by atoms with Crippen molar-refractivity contribution in [2.45, 2.75) is 77.4 Å². The number of rotatable bonds is 14. The minimum atomic E-state index is -0.532. The summed E-state index contributed by atoms with van der Waals surface area (Å²) >= 11 is 0. The van der Waals surface area contributed by atoms with Gasteiger partial charge in [-0.05, 0) is 85.7 Å². The Bertz CT molecular complexity index is 1900. The number of hydrogen-bond acceptors (Lipinski definition) is 12. The molecule has 3 atom stereocenters. The first-order valence-electron chi connectivity index (χ1n) is 16.4. The molecule has 0 spiro atoms. The maximum absolute atomic E-state index is 11.1. The van der Waals surface area contributed by atoms with Crippen molar-refractivity contribution >= 4 is 22.4 Å². The summed E-state index contributed by atoms with van der Waals surface area (Å²) in [6.45, 7) is 10.1. The van der Waals surface area contributed by atoms with Gasteiger partial charge in [0.15, 0.2) is 5.82 Å². The number of nitro groups is 1. The molecule has 49 heavy (non-hydrogen) atoms. The van der Waals surface area contributed by atoms with Gasteiger partial charge in [-0.1, -0.05) is 30.3 Å². The Kier molecular flexibility index (Phi) is 10.0. The van der Waals surface area contributed by atoms with E-state index in [2.05, 4.69) is 76.0 Å². The molecule has 0 fully saturated rings. The minimum absolute atomic E-state index is 0.186. The maximum Gasteiger partial charge on any atom is 0.414 e. The molecule has 3 aromatic heterocycles. The van der Waals surface area contributed by atoms with Crippen LogP contribution in [0, 0.1) is 10.1 Å². The molecule has 1 aliphatic rings. The van der Waals surface area contributed by atoms with Crippen LogP contribution in [0.1, 0.15) is 63.5 Å². The number of pyridine rings is 1. The second-order valence-corrected chi connectivity index (χ2v) is 13.2. The Hall–Kier alpha value is -5.15. The van der Waals surface area contributed by atoms with Crippen LogP contribution in [0.4, 0.5) is 11.5 Å². The monoisotopic (exact) mass is 670 g/mol. The van der Waals surface area contributed by atoms with Crippen molar-refractivity contribution in [2.24, 2.45) is 0 Å². The first-order chi connectivity index (χ1) is 23.6. The van der Waals surface area contributed by atoms with Gasteiger partial charge in [0.1, 0.15) is 24.7 Å². The molecule has 0 radical (unpaired) electrons. The third-order valence-corrected chi connectivity index (χ3v) is 8.35. The van der Waals surface area contributed by atoms with Crippen molar-refractivity contribution in [1.29, 1.82) is 0 Å². The van der Waals surface area contributed by atoms with Crippen molar-refractivity contribution in [2.75, 3.05) is 25.6 Å². The predicted molar refractivity (Wildman–Crippen MR) is 183 cm³/mol. The van der Waals surface area contributed by atoms with E-state index in [0.29, 0.717) is 13.2 Å². The molecule has 0 saturated carbocycles. The zero-order valence-electron chi connectivity index (χ0n) is 28.4. The van der Waals surface area contributed by atoms with E-state index in [0.717, 1.165) is 58.7 Å². The van der Waals surface area contributed by atoms with Gasteiger partial charge in [-0.3, -0.25) is 9.55 Å². The highest BCUT2D eigenvalue weighted by molar-refractivity contribution is 5.91. The van der Waals surface area contributed by atoms with Gasteiger partial charge in [0.2, 0.25) is 0 Å². The van der Waals surface area contributed by atoms with Crippen LogP contribution in [-0.4, -0.2) is 72.1 Å². The van der Waals surface area contributed by atoms with Crippen molar-refractivity contribution < 1.29 is 19.1 Å². The smallest absolute Gasteiger partial charge is 0.414 e. The van der Waals surface area contributed by atoms with Gasteiger partial charge in [-0.25, -0.2) is 4.68 Å². The quantitative estimate of drug-likeness (QED) is 0.0920. The van der Waals surface area contributed by atoms with Crippen molar-refractivity contribution in [1.82, 2.24) is 40.1 Å². The Morgan fingerprint density at radius 3 is 2.84 bits per heavy atom. The van der Waals surface area contributed by atoms with E-state index in [9.17, 15) is 10.1 Å². The molecule has 15 nitrogen and oxygen atoms in total. The lowest BCUT2D eigenvalue weighted by molar-refractivity contribution is -0.389. The number of hydrogen-bond donors (Lipinski definition) is 2. The summed E-state index contributed by atoms with van der Waals surface area (Å²) in [6.07, 6.45) is 4.70. The Morgan fingerprint density at radius 2 is 2.04 bits per heavy atom. The molecule has 15 heteroatoms. The molecule has 4 heterocycles. The van der Waals surface area contributed by atoms with E-state index >= 15 is 0 Å². The molecule has 0 saturated heterocycles. The summed E-state index contributed by atoms with van der Waals surface area (Å²) in [7, 11) is 1.67. The topological polar surface area (TPSA) is 169 Å². The fraction of sp³-hybridized carbons (Fsp3) is 0.441. The van der Waals surface area contributed by atoms with Crippen LogP contribution in [0.25, 0.3) is 10.9 Å². The van der Waals surface area contributed by atoms with Gasteiger partial charge < -0.3 is 35.0 Å². The fourth-order valence-corrected chi connectivity index (χ4v) is 5.93. The summed E-state index contributed by atoms with van der Waals surface area (Å²) in [5, 5.41) is 32.3. The third kappa shape index (κ3) is 7.95. The number of tetrazole rings is 1. The number of fused-ring (bicyclic) bond motifs is 2. The summed E-state index contributed by atoms with van der Waals surface area (Å²) in [4.78, 5) is 19.1. The molecule has 3 unspecified atom stereocenters. The van der Waals surface area contributed by atoms with Gasteiger partial charge in [-0.15, -0.1) is 5.10 Å². The average Bonchev–Trinajstić information content (AvgIpc) is 3.75. The Morgan fingerprint density at radius 1 is 1.18 bits per heavy atom. The highest BCUT2D eigenvalue weighted by atomic mass is 16.6. The number of aromatic nitrogens is 7. The van der Waals surface area contributed by atoms with Gasteiger partial charge in [0.25, 0.3) is 0 Å². The molecule has 6 rings (SSSR count). The predicted octanol–water partition coefficient (Wildman–Crippen LogP) is 5.03. The first-order valence-corrected chi connectivity index (χ1v) is 16.4. The molecule has 1 aliphatic heterocycles. The zero-order chi connectivity index (χ0) is 34.5. The van der Waals surface area contributed by atoms with Crippen molar-refractivity contribution in [3.63, 3.8) is 0 Å².